The van der Waals surface area contributed by atoms with Crippen LogP contribution in [0.25, 0.3) is 0 Å². The zero-order valence-electron chi connectivity index (χ0n) is 17.4. The Morgan fingerprint density at radius 1 is 1.18 bits per heavy atom. The molecule has 3 aromatic carbocycles. The number of rotatable bonds is 8. The summed E-state index contributed by atoms with van der Waals surface area (Å²) in [5, 5.41) is 21.8. The lowest BCUT2D eigenvalue weighted by Crippen LogP contribution is -2.19. The Balaban J connectivity index is 1.76. The van der Waals surface area contributed by atoms with E-state index in [1.54, 1.807) is 36.4 Å². The molecule has 0 fully saturated rings. The number of aromatic carboxylic acids is 1. The van der Waals surface area contributed by atoms with Crippen molar-refractivity contribution in [2.24, 2.45) is 5.10 Å². The van der Waals surface area contributed by atoms with Crippen LogP contribution in [-0.2, 0) is 6.61 Å². The Morgan fingerprint density at radius 3 is 2.67 bits per heavy atom. The Labute approximate surface area is 188 Å². The van der Waals surface area contributed by atoms with Crippen LogP contribution in [0.5, 0.6) is 11.5 Å². The van der Waals surface area contributed by atoms with Crippen molar-refractivity contribution in [3.05, 3.63) is 94.3 Å². The van der Waals surface area contributed by atoms with Gasteiger partial charge in [0, 0.05) is 5.56 Å². The Hall–Kier alpha value is -4.71. The number of para-hydroxylation sites is 1. The van der Waals surface area contributed by atoms with Gasteiger partial charge in [0.25, 0.3) is 5.91 Å². The molecular formula is C24H18FN3O5. The number of carbonyl (C=O) groups excluding carboxylic acids is 1. The monoisotopic (exact) mass is 447 g/mol. The third kappa shape index (κ3) is 5.71. The zero-order chi connectivity index (χ0) is 23.8. The van der Waals surface area contributed by atoms with E-state index in [2.05, 4.69) is 10.5 Å². The van der Waals surface area contributed by atoms with E-state index in [0.29, 0.717) is 22.6 Å². The van der Waals surface area contributed by atoms with Gasteiger partial charge in [-0.05, 0) is 48.0 Å². The van der Waals surface area contributed by atoms with Gasteiger partial charge in [-0.2, -0.15) is 10.4 Å². The minimum absolute atomic E-state index is 0.0607. The van der Waals surface area contributed by atoms with Gasteiger partial charge in [-0.3, -0.25) is 4.79 Å². The molecule has 0 radical (unpaired) electrons. The van der Waals surface area contributed by atoms with Crippen molar-refractivity contribution in [1.82, 2.24) is 5.43 Å². The summed E-state index contributed by atoms with van der Waals surface area (Å²) in [4.78, 5) is 23.4. The van der Waals surface area contributed by atoms with Crippen molar-refractivity contribution < 1.29 is 28.6 Å². The number of hydrogen-bond donors (Lipinski definition) is 2. The summed E-state index contributed by atoms with van der Waals surface area (Å²) in [7, 11) is 1.46. The number of nitrogens with zero attached hydrogens (tertiary/aromatic N) is 2. The van der Waals surface area contributed by atoms with E-state index in [9.17, 15) is 14.0 Å². The average Bonchev–Trinajstić information content (AvgIpc) is 2.82. The summed E-state index contributed by atoms with van der Waals surface area (Å²) >= 11 is 0. The average molecular weight is 447 g/mol. The van der Waals surface area contributed by atoms with Crippen LogP contribution in [0.1, 0.15) is 37.4 Å². The summed E-state index contributed by atoms with van der Waals surface area (Å²) in [6.07, 6.45) is 1.31. The van der Waals surface area contributed by atoms with Gasteiger partial charge in [-0.1, -0.05) is 18.2 Å². The SMILES string of the molecule is COc1cccc(/C=N\NC(=O)c2ccc(C#N)cc2F)c1OCc1cccc(C(=O)O)c1. The van der Waals surface area contributed by atoms with E-state index in [1.807, 2.05) is 0 Å². The van der Waals surface area contributed by atoms with Crippen LogP contribution in [0.15, 0.2) is 65.8 Å². The summed E-state index contributed by atoms with van der Waals surface area (Å²) in [6, 6.07) is 16.6. The molecule has 3 rings (SSSR count). The molecule has 0 bridgehead atoms. The first-order valence-corrected chi connectivity index (χ1v) is 9.58. The fourth-order valence-electron chi connectivity index (χ4n) is 2.89. The van der Waals surface area contributed by atoms with Gasteiger partial charge in [0.05, 0.1) is 36.1 Å². The molecule has 0 aromatic heterocycles. The molecule has 0 saturated carbocycles. The van der Waals surface area contributed by atoms with Gasteiger partial charge >= 0.3 is 5.97 Å². The van der Waals surface area contributed by atoms with Gasteiger partial charge in [-0.15, -0.1) is 0 Å². The quantitative estimate of drug-likeness (QED) is 0.401. The van der Waals surface area contributed by atoms with Crippen molar-refractivity contribution in [1.29, 1.82) is 5.26 Å². The molecule has 2 N–H and O–H groups in total. The second-order valence-electron chi connectivity index (χ2n) is 6.68. The van der Waals surface area contributed by atoms with Crippen molar-refractivity contribution in [3.8, 4) is 17.6 Å². The van der Waals surface area contributed by atoms with E-state index in [4.69, 9.17) is 19.8 Å². The van der Waals surface area contributed by atoms with E-state index >= 15 is 0 Å². The summed E-state index contributed by atoms with van der Waals surface area (Å²) in [6.45, 7) is 0.0607. The zero-order valence-corrected chi connectivity index (χ0v) is 17.4. The van der Waals surface area contributed by atoms with E-state index in [1.165, 1.54) is 37.6 Å². The Morgan fingerprint density at radius 2 is 1.97 bits per heavy atom. The van der Waals surface area contributed by atoms with Crippen molar-refractivity contribution in [2.75, 3.05) is 7.11 Å². The smallest absolute Gasteiger partial charge is 0.335 e. The van der Waals surface area contributed by atoms with Gasteiger partial charge in [0.1, 0.15) is 12.4 Å². The van der Waals surface area contributed by atoms with Crippen LogP contribution in [0.4, 0.5) is 4.39 Å². The molecule has 33 heavy (non-hydrogen) atoms. The molecule has 3 aromatic rings. The normalized spacial score (nSPS) is 10.5. The molecule has 0 aliphatic heterocycles. The molecule has 8 nitrogen and oxygen atoms in total. The maximum atomic E-state index is 14.0. The summed E-state index contributed by atoms with van der Waals surface area (Å²) < 4.78 is 25.2. The highest BCUT2D eigenvalue weighted by Gasteiger charge is 2.13. The van der Waals surface area contributed by atoms with Gasteiger partial charge in [0.2, 0.25) is 0 Å². The fourth-order valence-corrected chi connectivity index (χ4v) is 2.89. The molecule has 0 spiro atoms. The number of hydrazone groups is 1. The maximum absolute atomic E-state index is 14.0. The highest BCUT2D eigenvalue weighted by Crippen LogP contribution is 2.31. The van der Waals surface area contributed by atoms with E-state index < -0.39 is 17.7 Å². The van der Waals surface area contributed by atoms with Crippen LogP contribution in [0, 0.1) is 17.1 Å². The number of ether oxygens (including phenoxy) is 2. The number of carbonyl (C=O) groups is 2. The molecule has 9 heteroatoms. The molecule has 0 heterocycles. The molecule has 0 aliphatic rings. The second kappa shape index (κ2) is 10.5. The summed E-state index contributed by atoms with van der Waals surface area (Å²) in [5.41, 5.74) is 3.30. The van der Waals surface area contributed by atoms with Crippen molar-refractivity contribution in [2.45, 2.75) is 6.61 Å². The first-order valence-electron chi connectivity index (χ1n) is 9.58. The van der Waals surface area contributed by atoms with Crippen LogP contribution < -0.4 is 14.9 Å². The lowest BCUT2D eigenvalue weighted by molar-refractivity contribution is 0.0696. The number of nitriles is 1. The Bertz CT molecular complexity index is 1270. The van der Waals surface area contributed by atoms with Gasteiger partial charge in [-0.25, -0.2) is 14.6 Å². The molecular weight excluding hydrogens is 429 g/mol. The van der Waals surface area contributed by atoms with E-state index in [-0.39, 0.29) is 23.3 Å². The third-order valence-electron chi connectivity index (χ3n) is 4.50. The van der Waals surface area contributed by atoms with Crippen LogP contribution in [-0.4, -0.2) is 30.3 Å². The number of halogens is 1. The van der Waals surface area contributed by atoms with E-state index in [0.717, 1.165) is 6.07 Å². The number of carboxylic acid groups (broad SMARTS) is 1. The molecule has 0 atom stereocenters. The largest absolute Gasteiger partial charge is 0.493 e. The lowest BCUT2D eigenvalue weighted by Gasteiger charge is -2.13. The number of amides is 1. The second-order valence-corrected chi connectivity index (χ2v) is 6.68. The number of methoxy groups -OCH3 is 1. The number of carboxylic acids is 1. The number of hydrogen-bond acceptors (Lipinski definition) is 6. The highest BCUT2D eigenvalue weighted by atomic mass is 19.1. The molecule has 0 aliphatic carbocycles. The van der Waals surface area contributed by atoms with Gasteiger partial charge in [0.15, 0.2) is 11.5 Å². The molecule has 0 saturated heterocycles. The van der Waals surface area contributed by atoms with Crippen LogP contribution in [0.2, 0.25) is 0 Å². The first-order chi connectivity index (χ1) is 15.9. The number of benzene rings is 3. The lowest BCUT2D eigenvalue weighted by atomic mass is 10.1. The molecule has 166 valence electrons. The predicted molar refractivity (Wildman–Crippen MR) is 117 cm³/mol. The minimum atomic E-state index is -1.04. The fraction of sp³-hybridized carbons (Fsp3) is 0.0833. The molecule has 0 unspecified atom stereocenters. The van der Waals surface area contributed by atoms with Crippen molar-refractivity contribution >= 4 is 18.1 Å². The number of nitrogens with one attached hydrogen (secondary N) is 1. The van der Waals surface area contributed by atoms with Gasteiger partial charge < -0.3 is 14.6 Å². The van der Waals surface area contributed by atoms with Crippen LogP contribution >= 0.6 is 0 Å². The van der Waals surface area contributed by atoms with Crippen molar-refractivity contribution in [3.63, 3.8) is 0 Å². The third-order valence-corrected chi connectivity index (χ3v) is 4.50. The first kappa shape index (κ1) is 23.0. The maximum Gasteiger partial charge on any atom is 0.335 e. The topological polar surface area (TPSA) is 121 Å². The molecule has 1 amide bonds. The predicted octanol–water partition coefficient (Wildman–Crippen LogP) is 3.75. The van der Waals surface area contributed by atoms with Crippen LogP contribution in [0.3, 0.4) is 0 Å². The highest BCUT2D eigenvalue weighted by molar-refractivity contribution is 5.95. The Kier molecular flexibility index (Phi) is 7.34. The minimum Gasteiger partial charge on any atom is -0.493 e. The summed E-state index contributed by atoms with van der Waals surface area (Å²) in [5.74, 6) is -1.95. The standard InChI is InChI=1S/C24H18FN3O5/c1-32-21-7-3-6-18(22(21)33-14-16-4-2-5-17(10-16)24(30)31)13-27-28-23(29)19-9-8-15(12-26)11-20(19)25/h2-11,13H,14H2,1H3,(H,28,29)(H,30,31)/b27-13-.